The summed E-state index contributed by atoms with van der Waals surface area (Å²) in [5.41, 5.74) is 6.98. The number of anilines is 1. The maximum atomic E-state index is 11.3. The van der Waals surface area contributed by atoms with E-state index in [2.05, 4.69) is 48.9 Å². The van der Waals surface area contributed by atoms with Crippen LogP contribution >= 0.6 is 0 Å². The van der Waals surface area contributed by atoms with Crippen LogP contribution < -0.4 is 10.6 Å². The number of aryl methyl sites for hydroxylation is 1. The van der Waals surface area contributed by atoms with Gasteiger partial charge in [-0.2, -0.15) is 0 Å². The van der Waals surface area contributed by atoms with E-state index in [0.717, 1.165) is 30.4 Å². The van der Waals surface area contributed by atoms with E-state index >= 15 is 0 Å². The third kappa shape index (κ3) is 3.03. The number of primary amides is 1. The average Bonchev–Trinajstić information content (AvgIpc) is 3.04. The molecule has 132 valence electrons. The number of rotatable bonds is 4. The van der Waals surface area contributed by atoms with Gasteiger partial charge >= 0.3 is 0 Å². The van der Waals surface area contributed by atoms with Crippen molar-refractivity contribution in [2.24, 2.45) is 5.73 Å². The van der Waals surface area contributed by atoms with E-state index in [0.29, 0.717) is 12.1 Å². The number of carbonyl (C=O) groups excluding carboxylic acids is 1. The Balaban J connectivity index is 1.64. The van der Waals surface area contributed by atoms with Crippen LogP contribution in [0.2, 0.25) is 0 Å². The average molecular weight is 348 g/mol. The van der Waals surface area contributed by atoms with Gasteiger partial charge in [-0.15, -0.1) is 10.2 Å². The predicted octanol–water partition coefficient (Wildman–Crippen LogP) is 1.88. The maximum Gasteiger partial charge on any atom is 0.250 e. The Labute approximate surface area is 151 Å². The highest BCUT2D eigenvalue weighted by atomic mass is 16.1. The number of amides is 1. The number of aromatic nitrogens is 4. The molecule has 2 N–H and O–H groups in total. The summed E-state index contributed by atoms with van der Waals surface area (Å²) >= 11 is 0. The van der Waals surface area contributed by atoms with Crippen molar-refractivity contribution in [1.29, 1.82) is 0 Å². The van der Waals surface area contributed by atoms with Gasteiger partial charge in [0.1, 0.15) is 11.6 Å². The molecule has 3 aromatic rings. The predicted molar refractivity (Wildman–Crippen MR) is 97.7 cm³/mol. The normalized spacial score (nSPS) is 16.3. The Morgan fingerprint density at radius 1 is 1.19 bits per heavy atom. The first-order valence-electron chi connectivity index (χ1n) is 8.57. The monoisotopic (exact) mass is 348 g/mol. The van der Waals surface area contributed by atoms with Gasteiger partial charge in [0.25, 0.3) is 0 Å². The van der Waals surface area contributed by atoms with Gasteiger partial charge < -0.3 is 15.2 Å². The van der Waals surface area contributed by atoms with Gasteiger partial charge in [-0.1, -0.05) is 30.3 Å². The van der Waals surface area contributed by atoms with Gasteiger partial charge in [0.2, 0.25) is 5.91 Å². The molecule has 0 bridgehead atoms. The molecule has 2 aromatic heterocycles. The minimum absolute atomic E-state index is 0.216. The molecule has 1 amide bonds. The van der Waals surface area contributed by atoms with Crippen LogP contribution in [0.1, 0.15) is 33.6 Å². The van der Waals surface area contributed by atoms with Crippen molar-refractivity contribution in [3.05, 3.63) is 71.4 Å². The zero-order valence-electron chi connectivity index (χ0n) is 14.5. The van der Waals surface area contributed by atoms with Crippen LogP contribution in [-0.2, 0) is 13.0 Å². The highest BCUT2D eigenvalue weighted by molar-refractivity contribution is 5.92. The summed E-state index contributed by atoms with van der Waals surface area (Å²) in [6.45, 7) is 3.42. The zero-order chi connectivity index (χ0) is 18.1. The fourth-order valence-electron chi connectivity index (χ4n) is 3.50. The highest BCUT2D eigenvalue weighted by Crippen LogP contribution is 2.28. The molecule has 1 aromatic carbocycles. The highest BCUT2D eigenvalue weighted by Gasteiger charge is 2.28. The number of nitrogens with zero attached hydrogens (tertiary/aromatic N) is 5. The molecule has 1 aliphatic heterocycles. The summed E-state index contributed by atoms with van der Waals surface area (Å²) in [4.78, 5) is 17.8. The molecule has 7 nitrogen and oxygen atoms in total. The van der Waals surface area contributed by atoms with Gasteiger partial charge in [0, 0.05) is 12.7 Å². The first-order valence-corrected chi connectivity index (χ1v) is 8.57. The van der Waals surface area contributed by atoms with Crippen LogP contribution in [0.15, 0.2) is 48.7 Å². The zero-order valence-corrected chi connectivity index (χ0v) is 14.5. The van der Waals surface area contributed by atoms with Crippen LogP contribution in [0.3, 0.4) is 0 Å². The quantitative estimate of drug-likeness (QED) is 0.777. The Kier molecular flexibility index (Phi) is 4.12. The molecule has 1 aliphatic rings. The molecule has 3 heterocycles. The molecule has 26 heavy (non-hydrogen) atoms. The summed E-state index contributed by atoms with van der Waals surface area (Å²) < 4.78 is 2.22. The molecule has 0 aliphatic carbocycles. The van der Waals surface area contributed by atoms with Crippen molar-refractivity contribution in [3.8, 4) is 0 Å². The summed E-state index contributed by atoms with van der Waals surface area (Å²) in [6, 6.07) is 14.2. The van der Waals surface area contributed by atoms with E-state index < -0.39 is 5.91 Å². The summed E-state index contributed by atoms with van der Waals surface area (Å²) in [6.07, 6.45) is 2.41. The fraction of sp³-hybridized carbons (Fsp3) is 0.263. The lowest BCUT2D eigenvalue weighted by Crippen LogP contribution is -2.39. The third-order valence-electron chi connectivity index (χ3n) is 4.74. The van der Waals surface area contributed by atoms with Crippen molar-refractivity contribution in [2.75, 3.05) is 11.4 Å². The minimum Gasteiger partial charge on any atom is -0.366 e. The van der Waals surface area contributed by atoms with Gasteiger partial charge in [0.05, 0.1) is 18.2 Å². The number of fused-ring (bicyclic) bond motifs is 1. The van der Waals surface area contributed by atoms with Crippen molar-refractivity contribution in [1.82, 2.24) is 19.7 Å². The van der Waals surface area contributed by atoms with Gasteiger partial charge in [-0.05, 0) is 31.0 Å². The topological polar surface area (TPSA) is 89.9 Å². The second kappa shape index (κ2) is 6.59. The standard InChI is InChI=1S/C19H20N6O/c1-13-22-23-18-12-24(17-8-7-15(10-21-17)19(20)26)11-16(25(13)18)9-14-5-3-2-4-6-14/h2-8,10,16H,9,11-12H2,1H3,(H2,20,26)/t16-/m1/s1. The molecule has 1 atom stereocenters. The molecule has 0 spiro atoms. The molecule has 0 saturated carbocycles. The Bertz CT molecular complexity index is 919. The minimum atomic E-state index is -0.472. The SMILES string of the molecule is Cc1nnc2n1[C@H](Cc1ccccc1)CN(c1ccc(C(N)=O)cn1)C2. The number of hydrogen-bond acceptors (Lipinski definition) is 5. The lowest BCUT2D eigenvalue weighted by atomic mass is 10.0. The number of carbonyl (C=O) groups is 1. The Hall–Kier alpha value is -3.22. The molecule has 4 rings (SSSR count). The van der Waals surface area contributed by atoms with Crippen molar-refractivity contribution >= 4 is 11.7 Å². The second-order valence-corrected chi connectivity index (χ2v) is 6.53. The summed E-state index contributed by atoms with van der Waals surface area (Å²) in [5, 5.41) is 8.60. The third-order valence-corrected chi connectivity index (χ3v) is 4.74. The van der Waals surface area contributed by atoms with E-state index in [1.54, 1.807) is 6.07 Å². The smallest absolute Gasteiger partial charge is 0.250 e. The number of pyridine rings is 1. The van der Waals surface area contributed by atoms with Crippen molar-refractivity contribution < 1.29 is 4.79 Å². The summed E-state index contributed by atoms with van der Waals surface area (Å²) in [5.74, 6) is 2.19. The van der Waals surface area contributed by atoms with E-state index in [-0.39, 0.29) is 6.04 Å². The second-order valence-electron chi connectivity index (χ2n) is 6.53. The van der Waals surface area contributed by atoms with Crippen LogP contribution in [0.25, 0.3) is 0 Å². The van der Waals surface area contributed by atoms with Crippen molar-refractivity contribution in [3.63, 3.8) is 0 Å². The van der Waals surface area contributed by atoms with Gasteiger partial charge in [-0.3, -0.25) is 4.79 Å². The maximum absolute atomic E-state index is 11.3. The Morgan fingerprint density at radius 3 is 2.69 bits per heavy atom. The largest absolute Gasteiger partial charge is 0.366 e. The van der Waals surface area contributed by atoms with E-state index in [1.807, 2.05) is 19.1 Å². The van der Waals surface area contributed by atoms with Crippen LogP contribution in [-0.4, -0.2) is 32.2 Å². The number of hydrogen-bond donors (Lipinski definition) is 1. The first kappa shape index (κ1) is 16.3. The molecule has 0 radical (unpaired) electrons. The van der Waals surface area contributed by atoms with E-state index in [9.17, 15) is 4.79 Å². The van der Waals surface area contributed by atoms with Crippen LogP contribution in [0.4, 0.5) is 5.82 Å². The van der Waals surface area contributed by atoms with Crippen LogP contribution in [0.5, 0.6) is 0 Å². The van der Waals surface area contributed by atoms with Gasteiger partial charge in [-0.25, -0.2) is 4.98 Å². The van der Waals surface area contributed by atoms with Crippen LogP contribution in [0, 0.1) is 6.92 Å². The molecular weight excluding hydrogens is 328 g/mol. The fourth-order valence-corrected chi connectivity index (χ4v) is 3.50. The van der Waals surface area contributed by atoms with E-state index in [1.165, 1.54) is 11.8 Å². The molecular formula is C19H20N6O. The lowest BCUT2D eigenvalue weighted by molar-refractivity contribution is 0.1000. The molecule has 0 fully saturated rings. The molecule has 7 heteroatoms. The molecule has 0 saturated heterocycles. The van der Waals surface area contributed by atoms with E-state index in [4.69, 9.17) is 5.73 Å². The molecule has 0 unspecified atom stereocenters. The van der Waals surface area contributed by atoms with Crippen molar-refractivity contribution in [2.45, 2.75) is 25.9 Å². The first-order chi connectivity index (χ1) is 12.6. The van der Waals surface area contributed by atoms with Gasteiger partial charge in [0.15, 0.2) is 5.82 Å². The summed E-state index contributed by atoms with van der Waals surface area (Å²) in [7, 11) is 0. The number of nitrogens with two attached hydrogens (primary N) is 1. The Morgan fingerprint density at radius 2 is 2.00 bits per heavy atom. The number of benzene rings is 1. The lowest BCUT2D eigenvalue weighted by Gasteiger charge is -2.35.